The minimum atomic E-state index is -0.678. The fraction of sp³-hybridized carbons (Fsp3) is 0.917. The molecule has 1 unspecified atom stereocenters. The first-order chi connectivity index (χ1) is 7.75. The molecule has 2 saturated heterocycles. The van der Waals surface area contributed by atoms with E-state index in [4.69, 9.17) is 5.11 Å². The average Bonchev–Trinajstić information content (AvgIpc) is 2.80. The van der Waals surface area contributed by atoms with Crippen LogP contribution in [0.15, 0.2) is 0 Å². The quantitative estimate of drug-likeness (QED) is 0.777. The molecule has 0 aliphatic carbocycles. The molecule has 0 aromatic carbocycles. The molecule has 2 aliphatic heterocycles. The van der Waals surface area contributed by atoms with Gasteiger partial charge in [-0.1, -0.05) is 0 Å². The summed E-state index contributed by atoms with van der Waals surface area (Å²) in [6, 6.07) is 0.685. The van der Waals surface area contributed by atoms with Crippen LogP contribution in [-0.4, -0.2) is 59.6 Å². The molecule has 0 radical (unpaired) electrons. The van der Waals surface area contributed by atoms with Crippen LogP contribution in [0, 0.1) is 0 Å². The lowest BCUT2D eigenvalue weighted by Gasteiger charge is -2.37. The molecule has 2 rings (SSSR count). The van der Waals surface area contributed by atoms with Crippen molar-refractivity contribution in [3.8, 4) is 0 Å². The Balaban J connectivity index is 1.76. The maximum absolute atomic E-state index is 10.5. The summed E-state index contributed by atoms with van der Waals surface area (Å²) >= 11 is 0. The van der Waals surface area contributed by atoms with Gasteiger partial charge in [0.2, 0.25) is 0 Å². The van der Waals surface area contributed by atoms with Crippen LogP contribution in [0.2, 0.25) is 0 Å². The first-order valence-corrected chi connectivity index (χ1v) is 6.44. The fourth-order valence-corrected chi connectivity index (χ4v) is 2.89. The Morgan fingerprint density at radius 2 is 1.94 bits per heavy atom. The van der Waals surface area contributed by atoms with Crippen LogP contribution in [0.1, 0.15) is 32.1 Å². The van der Waals surface area contributed by atoms with E-state index in [-0.39, 0.29) is 6.42 Å². The molecule has 0 saturated carbocycles. The van der Waals surface area contributed by atoms with E-state index in [0.717, 1.165) is 19.6 Å². The lowest BCUT2D eigenvalue weighted by molar-refractivity contribution is -0.137. The van der Waals surface area contributed by atoms with E-state index < -0.39 is 5.97 Å². The molecule has 0 aromatic heterocycles. The van der Waals surface area contributed by atoms with Crippen molar-refractivity contribution in [2.24, 2.45) is 0 Å². The Bertz CT molecular complexity index is 239. The van der Waals surface area contributed by atoms with Gasteiger partial charge in [0.25, 0.3) is 0 Å². The third-order valence-corrected chi connectivity index (χ3v) is 3.78. The summed E-state index contributed by atoms with van der Waals surface area (Å²) in [6.45, 7) is 5.37. The molecule has 16 heavy (non-hydrogen) atoms. The molecule has 2 aliphatic rings. The summed E-state index contributed by atoms with van der Waals surface area (Å²) in [6.07, 6.45) is 5.48. The van der Waals surface area contributed by atoms with Gasteiger partial charge < -0.3 is 10.0 Å². The van der Waals surface area contributed by atoms with E-state index in [0.29, 0.717) is 6.04 Å². The number of carbonyl (C=O) groups is 1. The second kappa shape index (κ2) is 5.64. The standard InChI is InChI=1S/C12H22N2O2/c15-12(16)5-9-13-6-3-4-11(10-13)14-7-1-2-8-14/h11H,1-10H2,(H,15,16). The minimum Gasteiger partial charge on any atom is -0.481 e. The second-order valence-corrected chi connectivity index (χ2v) is 4.98. The molecule has 0 amide bonds. The van der Waals surface area contributed by atoms with Crippen molar-refractivity contribution in [3.63, 3.8) is 0 Å². The Kier molecular flexibility index (Phi) is 4.18. The maximum Gasteiger partial charge on any atom is 0.304 e. The summed E-state index contributed by atoms with van der Waals surface area (Å²) in [5.74, 6) is -0.678. The molecule has 92 valence electrons. The summed E-state index contributed by atoms with van der Waals surface area (Å²) in [5.41, 5.74) is 0. The van der Waals surface area contributed by atoms with Crippen molar-refractivity contribution in [2.75, 3.05) is 32.7 Å². The predicted molar refractivity (Wildman–Crippen MR) is 62.5 cm³/mol. The van der Waals surface area contributed by atoms with Crippen molar-refractivity contribution in [2.45, 2.75) is 38.1 Å². The van der Waals surface area contributed by atoms with Crippen molar-refractivity contribution < 1.29 is 9.90 Å². The summed E-state index contributed by atoms with van der Waals surface area (Å²) in [5, 5.41) is 8.68. The monoisotopic (exact) mass is 226 g/mol. The van der Waals surface area contributed by atoms with Gasteiger partial charge in [-0.3, -0.25) is 9.69 Å². The number of nitrogens with zero attached hydrogens (tertiary/aromatic N) is 2. The molecule has 4 nitrogen and oxygen atoms in total. The average molecular weight is 226 g/mol. The lowest BCUT2D eigenvalue weighted by Crippen LogP contribution is -2.47. The van der Waals surface area contributed by atoms with Gasteiger partial charge in [-0.2, -0.15) is 0 Å². The number of carboxylic acids is 1. The van der Waals surface area contributed by atoms with Crippen molar-refractivity contribution in [3.05, 3.63) is 0 Å². The number of rotatable bonds is 4. The molecule has 0 aromatic rings. The Morgan fingerprint density at radius 1 is 1.19 bits per heavy atom. The van der Waals surface area contributed by atoms with Crippen LogP contribution in [0.5, 0.6) is 0 Å². The number of hydrogen-bond acceptors (Lipinski definition) is 3. The van der Waals surface area contributed by atoms with Gasteiger partial charge in [0, 0.05) is 19.1 Å². The highest BCUT2D eigenvalue weighted by Gasteiger charge is 2.26. The fourth-order valence-electron chi connectivity index (χ4n) is 2.89. The maximum atomic E-state index is 10.5. The van der Waals surface area contributed by atoms with Gasteiger partial charge >= 0.3 is 5.97 Å². The number of aliphatic carboxylic acids is 1. The highest BCUT2D eigenvalue weighted by molar-refractivity contribution is 5.66. The Labute approximate surface area is 97.2 Å². The molecule has 2 heterocycles. The van der Waals surface area contributed by atoms with Crippen LogP contribution in [0.25, 0.3) is 0 Å². The largest absolute Gasteiger partial charge is 0.481 e. The molecule has 2 fully saturated rings. The minimum absolute atomic E-state index is 0.284. The van der Waals surface area contributed by atoms with E-state index in [1.165, 1.54) is 38.8 Å². The highest BCUT2D eigenvalue weighted by Crippen LogP contribution is 2.20. The van der Waals surface area contributed by atoms with E-state index in [1.807, 2.05) is 0 Å². The van der Waals surface area contributed by atoms with Crippen LogP contribution in [0.4, 0.5) is 0 Å². The summed E-state index contributed by atoms with van der Waals surface area (Å²) in [7, 11) is 0. The Morgan fingerprint density at radius 3 is 2.62 bits per heavy atom. The van der Waals surface area contributed by atoms with E-state index in [2.05, 4.69) is 9.80 Å². The SMILES string of the molecule is O=C(O)CCN1CCCC(N2CCCC2)C1. The highest BCUT2D eigenvalue weighted by atomic mass is 16.4. The van der Waals surface area contributed by atoms with Crippen LogP contribution in [0.3, 0.4) is 0 Å². The third kappa shape index (κ3) is 3.19. The smallest absolute Gasteiger partial charge is 0.304 e. The summed E-state index contributed by atoms with van der Waals surface area (Å²) in [4.78, 5) is 15.5. The normalized spacial score (nSPS) is 28.4. The van der Waals surface area contributed by atoms with Crippen molar-refractivity contribution in [1.82, 2.24) is 9.80 Å². The van der Waals surface area contributed by atoms with Gasteiger partial charge in [-0.05, 0) is 45.3 Å². The number of carboxylic acid groups (broad SMARTS) is 1. The van der Waals surface area contributed by atoms with Crippen molar-refractivity contribution >= 4 is 5.97 Å². The molecule has 1 atom stereocenters. The zero-order valence-electron chi connectivity index (χ0n) is 9.90. The van der Waals surface area contributed by atoms with Gasteiger partial charge in [0.15, 0.2) is 0 Å². The van der Waals surface area contributed by atoms with E-state index in [9.17, 15) is 4.79 Å². The van der Waals surface area contributed by atoms with Gasteiger partial charge in [0.1, 0.15) is 0 Å². The number of likely N-dealkylation sites (tertiary alicyclic amines) is 2. The number of piperidine rings is 1. The number of hydrogen-bond donors (Lipinski definition) is 1. The second-order valence-electron chi connectivity index (χ2n) is 4.98. The molecular formula is C12H22N2O2. The first kappa shape index (κ1) is 11.9. The first-order valence-electron chi connectivity index (χ1n) is 6.44. The van der Waals surface area contributed by atoms with Crippen LogP contribution in [-0.2, 0) is 4.79 Å². The zero-order valence-corrected chi connectivity index (χ0v) is 9.90. The lowest BCUT2D eigenvalue weighted by atomic mass is 10.0. The third-order valence-electron chi connectivity index (χ3n) is 3.78. The van der Waals surface area contributed by atoms with Gasteiger partial charge in [-0.15, -0.1) is 0 Å². The zero-order chi connectivity index (χ0) is 11.4. The molecule has 1 N–H and O–H groups in total. The molecule has 0 bridgehead atoms. The summed E-state index contributed by atoms with van der Waals surface area (Å²) < 4.78 is 0. The predicted octanol–water partition coefficient (Wildman–Crippen LogP) is 1.02. The molecular weight excluding hydrogens is 204 g/mol. The van der Waals surface area contributed by atoms with Gasteiger partial charge in [-0.25, -0.2) is 0 Å². The van der Waals surface area contributed by atoms with E-state index >= 15 is 0 Å². The van der Waals surface area contributed by atoms with Crippen LogP contribution >= 0.6 is 0 Å². The Hall–Kier alpha value is -0.610. The topological polar surface area (TPSA) is 43.8 Å². The molecule has 0 spiro atoms. The van der Waals surface area contributed by atoms with Gasteiger partial charge in [0.05, 0.1) is 6.42 Å². The van der Waals surface area contributed by atoms with Crippen molar-refractivity contribution in [1.29, 1.82) is 0 Å². The van der Waals surface area contributed by atoms with Crippen LogP contribution < -0.4 is 0 Å². The van der Waals surface area contributed by atoms with E-state index in [1.54, 1.807) is 0 Å². The molecule has 4 heteroatoms.